The molecule has 2 saturated heterocycles. The Morgan fingerprint density at radius 2 is 1.51 bits per heavy atom. The zero-order chi connectivity index (χ0) is 46.7. The highest BCUT2D eigenvalue weighted by molar-refractivity contribution is 6.42. The Balaban J connectivity index is 1.03. The van der Waals surface area contributed by atoms with Gasteiger partial charge in [-0.2, -0.15) is 26.3 Å². The summed E-state index contributed by atoms with van der Waals surface area (Å²) in [5, 5.41) is 10.2. The van der Waals surface area contributed by atoms with E-state index in [9.17, 15) is 45.8 Å². The number of fused-ring (bicyclic) bond motifs is 2. The van der Waals surface area contributed by atoms with E-state index >= 15 is 0 Å². The van der Waals surface area contributed by atoms with E-state index in [2.05, 4.69) is 17.0 Å². The van der Waals surface area contributed by atoms with Crippen LogP contribution >= 0.6 is 23.2 Å². The fraction of sp³-hybridized carbons (Fsp3) is 0.426. The number of halogens is 8. The normalized spacial score (nSPS) is 19.8. The maximum atomic E-state index is 13.9. The number of para-hydroxylation sites is 1. The fourth-order valence-electron chi connectivity index (χ4n) is 9.36. The standard InChI is InChI=1S/C47H48Cl2F6N4O6/c1-56(17-7-18-59(43(62)63)36-9-3-2-4-10-36)41(60)29-64-40-26-31-8-5-6-11-37(31)44(40)14-19-57(20-15-44)21-16-45(33-12-13-38(48)39(49)28-33)30-58(22-23-65-45)42(61)32-24-34(46(50,51)52)27-35(25-32)47(53,54)55/h2-6,8-13,24-25,27-28,40H,7,14-23,26,29-30H2,1H3,(H,62,63)/t40-,45-/m0/s1. The summed E-state index contributed by atoms with van der Waals surface area (Å²) in [5.74, 6) is -1.23. The molecule has 3 amide bonds. The van der Waals surface area contributed by atoms with E-state index in [1.54, 1.807) is 60.5 Å². The molecule has 0 unspecified atom stereocenters. The number of anilines is 1. The van der Waals surface area contributed by atoms with E-state index in [-0.39, 0.29) is 67.4 Å². The molecular formula is C47H48Cl2F6N4O6. The largest absolute Gasteiger partial charge is 0.465 e. The minimum atomic E-state index is -5.13. The second-order valence-electron chi connectivity index (χ2n) is 16.8. The molecule has 3 aliphatic rings. The third-order valence-electron chi connectivity index (χ3n) is 12.9. The van der Waals surface area contributed by atoms with Crippen LogP contribution in [-0.2, 0) is 44.1 Å². The molecule has 0 radical (unpaired) electrons. The number of carbonyl (C=O) groups excluding carboxylic acids is 2. The van der Waals surface area contributed by atoms with Crippen LogP contribution in [0.25, 0.3) is 0 Å². The molecule has 2 heterocycles. The molecular weight excluding hydrogens is 901 g/mol. The number of carboxylic acid groups (broad SMARTS) is 1. The van der Waals surface area contributed by atoms with Crippen LogP contribution in [0.15, 0.2) is 91.0 Å². The van der Waals surface area contributed by atoms with E-state index in [1.807, 2.05) is 12.1 Å². The molecule has 4 aromatic carbocycles. The molecule has 2 aliphatic heterocycles. The van der Waals surface area contributed by atoms with Gasteiger partial charge in [0.1, 0.15) is 12.2 Å². The molecule has 7 rings (SSSR count). The molecule has 65 heavy (non-hydrogen) atoms. The lowest BCUT2D eigenvalue weighted by Crippen LogP contribution is -2.54. The first kappa shape index (κ1) is 48.1. The van der Waals surface area contributed by atoms with Crippen LogP contribution in [0, 0.1) is 0 Å². The van der Waals surface area contributed by atoms with Gasteiger partial charge in [-0.05, 0) is 104 Å². The molecule has 0 bridgehead atoms. The second kappa shape index (κ2) is 19.5. The summed E-state index contributed by atoms with van der Waals surface area (Å²) in [6, 6.07) is 22.6. The molecule has 2 atom stereocenters. The van der Waals surface area contributed by atoms with E-state index in [0.717, 1.165) is 5.56 Å². The van der Waals surface area contributed by atoms with Gasteiger partial charge in [0.05, 0.1) is 40.4 Å². The van der Waals surface area contributed by atoms with Crippen molar-refractivity contribution in [3.63, 3.8) is 0 Å². The molecule has 1 N–H and O–H groups in total. The highest BCUT2D eigenvalue weighted by Crippen LogP contribution is 2.48. The van der Waals surface area contributed by atoms with Crippen LogP contribution in [0.3, 0.4) is 0 Å². The number of benzene rings is 4. The summed E-state index contributed by atoms with van der Waals surface area (Å²) in [7, 11) is 1.67. The topological polar surface area (TPSA) is 103 Å². The van der Waals surface area contributed by atoms with Crippen LogP contribution in [0.1, 0.15) is 63.9 Å². The molecule has 348 valence electrons. The molecule has 10 nitrogen and oxygen atoms in total. The number of alkyl halides is 6. The maximum absolute atomic E-state index is 13.9. The van der Waals surface area contributed by atoms with E-state index in [0.29, 0.717) is 75.2 Å². The third kappa shape index (κ3) is 10.7. The van der Waals surface area contributed by atoms with Crippen molar-refractivity contribution < 1.29 is 55.3 Å². The van der Waals surface area contributed by atoms with E-state index in [1.165, 1.54) is 15.4 Å². The lowest BCUT2D eigenvalue weighted by molar-refractivity contribution is -0.143. The van der Waals surface area contributed by atoms with Gasteiger partial charge in [-0.3, -0.25) is 14.5 Å². The number of ether oxygens (including phenoxy) is 2. The number of rotatable bonds is 13. The summed E-state index contributed by atoms with van der Waals surface area (Å²) in [6.07, 6.45) is -8.94. The van der Waals surface area contributed by atoms with Crippen molar-refractivity contribution in [2.45, 2.75) is 61.6 Å². The number of likely N-dealkylation sites (tertiary alicyclic amines) is 1. The Morgan fingerprint density at radius 3 is 2.15 bits per heavy atom. The van der Waals surface area contributed by atoms with Crippen molar-refractivity contribution in [2.24, 2.45) is 0 Å². The highest BCUT2D eigenvalue weighted by atomic mass is 35.5. The van der Waals surface area contributed by atoms with Crippen LogP contribution < -0.4 is 4.90 Å². The molecule has 18 heteroatoms. The van der Waals surface area contributed by atoms with Crippen LogP contribution in [0.4, 0.5) is 36.8 Å². The first-order valence-electron chi connectivity index (χ1n) is 21.2. The van der Waals surface area contributed by atoms with Crippen LogP contribution in [-0.4, -0.2) is 110 Å². The zero-order valence-corrected chi connectivity index (χ0v) is 36.9. The summed E-state index contributed by atoms with van der Waals surface area (Å²) in [6.45, 7) is 1.74. The number of nitrogens with zero attached hydrogens (tertiary/aromatic N) is 4. The minimum absolute atomic E-state index is 0.00915. The smallest absolute Gasteiger partial charge is 0.416 e. The average Bonchev–Trinajstić information content (AvgIpc) is 3.58. The fourth-order valence-corrected chi connectivity index (χ4v) is 9.66. The molecule has 4 aromatic rings. The molecule has 0 saturated carbocycles. The number of carbonyl (C=O) groups is 3. The van der Waals surface area contributed by atoms with E-state index < -0.39 is 52.1 Å². The summed E-state index contributed by atoms with van der Waals surface area (Å²) >= 11 is 12.7. The van der Waals surface area contributed by atoms with Crippen molar-refractivity contribution in [2.75, 3.05) is 71.0 Å². The lowest BCUT2D eigenvalue weighted by Gasteiger charge is -2.46. The highest BCUT2D eigenvalue weighted by Gasteiger charge is 2.50. The van der Waals surface area contributed by atoms with Crippen molar-refractivity contribution in [3.8, 4) is 0 Å². The van der Waals surface area contributed by atoms with Gasteiger partial charge in [-0.25, -0.2) is 4.79 Å². The van der Waals surface area contributed by atoms with Crippen LogP contribution in [0.2, 0.25) is 10.0 Å². The number of likely N-dealkylation sites (N-methyl/N-ethyl adjacent to an activating group) is 1. The van der Waals surface area contributed by atoms with Gasteiger partial charge >= 0.3 is 18.4 Å². The van der Waals surface area contributed by atoms with Gasteiger partial charge in [-0.15, -0.1) is 0 Å². The monoisotopic (exact) mass is 948 g/mol. The molecule has 2 fully saturated rings. The number of amides is 3. The van der Waals surface area contributed by atoms with Gasteiger partial charge in [0, 0.05) is 49.9 Å². The van der Waals surface area contributed by atoms with Crippen LogP contribution in [0.5, 0.6) is 0 Å². The molecule has 1 aliphatic carbocycles. The Labute approximate surface area is 382 Å². The third-order valence-corrected chi connectivity index (χ3v) is 13.7. The number of hydrogen-bond acceptors (Lipinski definition) is 6. The van der Waals surface area contributed by atoms with Crippen molar-refractivity contribution in [3.05, 3.63) is 134 Å². The summed E-state index contributed by atoms with van der Waals surface area (Å²) in [4.78, 5) is 45.4. The van der Waals surface area contributed by atoms with Gasteiger partial charge in [0.25, 0.3) is 5.91 Å². The Morgan fingerprint density at radius 1 is 0.846 bits per heavy atom. The Hall–Kier alpha value is -4.87. The summed E-state index contributed by atoms with van der Waals surface area (Å²) < 4.78 is 95.5. The minimum Gasteiger partial charge on any atom is -0.465 e. The number of hydrogen-bond donors (Lipinski definition) is 1. The maximum Gasteiger partial charge on any atom is 0.416 e. The predicted molar refractivity (Wildman–Crippen MR) is 232 cm³/mol. The Bertz CT molecular complexity index is 2330. The van der Waals surface area contributed by atoms with Gasteiger partial charge in [-0.1, -0.05) is 71.7 Å². The van der Waals surface area contributed by atoms with Gasteiger partial charge < -0.3 is 29.3 Å². The van der Waals surface area contributed by atoms with E-state index in [4.69, 9.17) is 32.7 Å². The predicted octanol–water partition coefficient (Wildman–Crippen LogP) is 9.80. The lowest BCUT2D eigenvalue weighted by atomic mass is 9.72. The van der Waals surface area contributed by atoms with Crippen molar-refractivity contribution in [1.82, 2.24) is 14.7 Å². The molecule has 0 aromatic heterocycles. The van der Waals surface area contributed by atoms with Crippen molar-refractivity contribution in [1.29, 1.82) is 0 Å². The quantitative estimate of drug-likeness (QED) is 0.133. The van der Waals surface area contributed by atoms with Gasteiger partial charge in [0.15, 0.2) is 0 Å². The summed E-state index contributed by atoms with van der Waals surface area (Å²) in [5.41, 5.74) is -2.16. The van der Waals surface area contributed by atoms with Gasteiger partial charge in [0.2, 0.25) is 5.91 Å². The molecule has 1 spiro atoms. The zero-order valence-electron chi connectivity index (χ0n) is 35.4. The number of morpholine rings is 1. The first-order valence-corrected chi connectivity index (χ1v) is 22.0. The van der Waals surface area contributed by atoms with Crippen molar-refractivity contribution >= 4 is 46.8 Å². The Kier molecular flexibility index (Phi) is 14.4. The average molecular weight is 950 g/mol. The second-order valence-corrected chi connectivity index (χ2v) is 17.7. The number of piperidine rings is 1. The first-order chi connectivity index (χ1) is 30.8. The SMILES string of the molecule is CN(CCCN(C(=O)O)c1ccccc1)C(=O)CO[C@H]1Cc2ccccc2C12CCN(CC[C@@]1(c3ccc(Cl)c(Cl)c3)CN(C(=O)c3cc(C(F)(F)F)cc(C(F)(F)F)c3)CCO1)CC2.